The molecular weight excluding hydrogens is 506 g/mol. The molecule has 37 heavy (non-hydrogen) atoms. The Morgan fingerprint density at radius 1 is 1.03 bits per heavy atom. The zero-order chi connectivity index (χ0) is 25.9. The molecule has 1 unspecified atom stereocenters. The summed E-state index contributed by atoms with van der Waals surface area (Å²) in [5.41, 5.74) is 2.67. The number of carbonyl (C=O) groups excluding carboxylic acids is 2. The minimum absolute atomic E-state index is 0.0761. The Morgan fingerprint density at radius 3 is 2.43 bits per heavy atom. The molecule has 3 aromatic carbocycles. The molecule has 0 saturated carbocycles. The van der Waals surface area contributed by atoms with E-state index in [4.69, 9.17) is 16.3 Å². The van der Waals surface area contributed by atoms with Crippen LogP contribution in [0.2, 0.25) is 5.02 Å². The van der Waals surface area contributed by atoms with Crippen molar-refractivity contribution in [2.45, 2.75) is 35.6 Å². The highest BCUT2D eigenvalue weighted by atomic mass is 35.5. The summed E-state index contributed by atoms with van der Waals surface area (Å²) < 4.78 is 5.78. The maximum absolute atomic E-state index is 12.6. The Labute approximate surface area is 225 Å². The van der Waals surface area contributed by atoms with Crippen molar-refractivity contribution in [2.75, 3.05) is 19.0 Å². The Balaban J connectivity index is 1.31. The van der Waals surface area contributed by atoms with Crippen LogP contribution < -0.4 is 10.1 Å². The molecule has 0 bridgehead atoms. The number of amides is 2. The third kappa shape index (κ3) is 5.02. The van der Waals surface area contributed by atoms with Gasteiger partial charge >= 0.3 is 0 Å². The van der Waals surface area contributed by atoms with Crippen LogP contribution in [-0.2, 0) is 0 Å². The molecule has 1 aromatic heterocycles. The van der Waals surface area contributed by atoms with Crippen LogP contribution in [0.25, 0.3) is 10.9 Å². The van der Waals surface area contributed by atoms with E-state index in [2.05, 4.69) is 17.2 Å². The van der Waals surface area contributed by atoms with Gasteiger partial charge < -0.3 is 10.1 Å². The second-order valence-corrected chi connectivity index (χ2v) is 10.3. The lowest BCUT2D eigenvalue weighted by Gasteiger charge is -2.20. The van der Waals surface area contributed by atoms with Crippen molar-refractivity contribution in [1.29, 1.82) is 0 Å². The topological polar surface area (TPSA) is 71.5 Å². The van der Waals surface area contributed by atoms with E-state index in [-0.39, 0.29) is 17.9 Å². The number of nitrogens with zero attached hydrogens (tertiary/aromatic N) is 2. The highest BCUT2D eigenvalue weighted by Crippen LogP contribution is 2.44. The first-order valence-corrected chi connectivity index (χ1v) is 13.3. The molecule has 0 radical (unpaired) electrons. The maximum Gasteiger partial charge on any atom is 0.261 e. The average Bonchev–Trinajstić information content (AvgIpc) is 3.16. The predicted octanol–water partition coefficient (Wildman–Crippen LogP) is 6.92. The van der Waals surface area contributed by atoms with Gasteiger partial charge in [-0.05, 0) is 56.2 Å². The Hall–Kier alpha value is -3.55. The smallest absolute Gasteiger partial charge is 0.261 e. The fraction of sp³-hybridized carbons (Fsp3) is 0.207. The minimum Gasteiger partial charge on any atom is -0.495 e. The van der Waals surface area contributed by atoms with E-state index in [0.29, 0.717) is 29.1 Å². The van der Waals surface area contributed by atoms with Gasteiger partial charge in [0.25, 0.3) is 11.8 Å². The van der Waals surface area contributed by atoms with Gasteiger partial charge in [-0.1, -0.05) is 47.6 Å². The van der Waals surface area contributed by atoms with Crippen LogP contribution in [0, 0.1) is 0 Å². The molecule has 188 valence electrons. The molecule has 5 rings (SSSR count). The zero-order valence-electron chi connectivity index (χ0n) is 20.5. The minimum atomic E-state index is -0.215. The molecule has 1 aliphatic heterocycles. The van der Waals surface area contributed by atoms with E-state index in [9.17, 15) is 9.59 Å². The number of pyridine rings is 1. The van der Waals surface area contributed by atoms with Crippen molar-refractivity contribution < 1.29 is 14.3 Å². The lowest BCUT2D eigenvalue weighted by molar-refractivity contribution is 0.0651. The first-order chi connectivity index (χ1) is 18.0. The number of hydrogen-bond acceptors (Lipinski definition) is 6. The van der Waals surface area contributed by atoms with Gasteiger partial charge in [0.15, 0.2) is 0 Å². The monoisotopic (exact) mass is 531 g/mol. The van der Waals surface area contributed by atoms with Gasteiger partial charge in [-0.2, -0.15) is 0 Å². The van der Waals surface area contributed by atoms with Crippen molar-refractivity contribution in [2.24, 2.45) is 0 Å². The number of aromatic nitrogens is 1. The highest BCUT2D eigenvalue weighted by molar-refractivity contribution is 7.99. The molecule has 2 amide bonds. The van der Waals surface area contributed by atoms with Crippen LogP contribution in [0.15, 0.2) is 82.7 Å². The largest absolute Gasteiger partial charge is 0.495 e. The number of imide groups is 1. The Morgan fingerprint density at radius 2 is 1.73 bits per heavy atom. The van der Waals surface area contributed by atoms with Crippen LogP contribution in [0.3, 0.4) is 0 Å². The number of halogens is 1. The molecule has 0 aliphatic carbocycles. The molecule has 6 nitrogen and oxygen atoms in total. The number of hydrogen-bond donors (Lipinski definition) is 1. The van der Waals surface area contributed by atoms with Gasteiger partial charge in [0.2, 0.25) is 0 Å². The van der Waals surface area contributed by atoms with Crippen LogP contribution in [0.5, 0.6) is 5.75 Å². The van der Waals surface area contributed by atoms with E-state index in [1.165, 1.54) is 4.90 Å². The molecule has 0 spiro atoms. The van der Waals surface area contributed by atoms with Crippen LogP contribution in [0.4, 0.5) is 5.69 Å². The molecule has 1 N–H and O–H groups in total. The lowest BCUT2D eigenvalue weighted by Crippen LogP contribution is -2.31. The van der Waals surface area contributed by atoms with Gasteiger partial charge in [0, 0.05) is 35.1 Å². The SMILES string of the molecule is COc1cc(NC(C)CCCN2C(=O)c3ccccc3C2=O)c2ncccc2c1Sc1ccccc1Cl. The molecule has 1 aliphatic rings. The third-order valence-electron chi connectivity index (χ3n) is 6.37. The number of ether oxygens (including phenoxy) is 1. The maximum atomic E-state index is 12.6. The van der Waals surface area contributed by atoms with Crippen LogP contribution in [0.1, 0.15) is 40.5 Å². The second-order valence-electron chi connectivity index (χ2n) is 8.88. The number of fused-ring (bicyclic) bond motifs is 2. The lowest BCUT2D eigenvalue weighted by atomic mass is 10.1. The molecule has 4 aromatic rings. The Bertz CT molecular complexity index is 1460. The second kappa shape index (κ2) is 10.8. The summed E-state index contributed by atoms with van der Waals surface area (Å²) in [7, 11) is 1.66. The number of nitrogens with one attached hydrogen (secondary N) is 1. The summed E-state index contributed by atoms with van der Waals surface area (Å²) in [5.74, 6) is 0.298. The van der Waals surface area contributed by atoms with Crippen molar-refractivity contribution in [3.8, 4) is 5.75 Å². The zero-order valence-corrected chi connectivity index (χ0v) is 22.1. The molecule has 0 fully saturated rings. The summed E-state index contributed by atoms with van der Waals surface area (Å²) in [4.78, 5) is 33.2. The standard InChI is InChI=1S/C29H26ClN3O3S/c1-18(9-8-16-33-28(34)19-10-3-4-11-20(19)29(33)35)32-23-17-24(36-2)27(21-12-7-15-31-26(21)23)37-25-14-6-5-13-22(25)30/h3-7,10-15,17-18,32H,8-9,16H2,1-2H3. The summed E-state index contributed by atoms with van der Waals surface area (Å²) in [5, 5.41) is 5.21. The van der Waals surface area contributed by atoms with Gasteiger partial charge in [-0.25, -0.2) is 0 Å². The van der Waals surface area contributed by atoms with E-state index in [0.717, 1.165) is 38.6 Å². The van der Waals surface area contributed by atoms with Crippen molar-refractivity contribution >= 4 is 51.8 Å². The van der Waals surface area contributed by atoms with Crippen molar-refractivity contribution in [3.63, 3.8) is 0 Å². The fourth-order valence-electron chi connectivity index (χ4n) is 4.54. The average molecular weight is 532 g/mol. The van der Waals surface area contributed by atoms with Gasteiger partial charge in [0.1, 0.15) is 5.75 Å². The number of rotatable bonds is 9. The molecular formula is C29H26ClN3O3S. The highest BCUT2D eigenvalue weighted by Gasteiger charge is 2.34. The summed E-state index contributed by atoms with van der Waals surface area (Å²) in [6, 6.07) is 20.7. The number of carbonyl (C=O) groups is 2. The van der Waals surface area contributed by atoms with E-state index in [1.54, 1.807) is 49.3 Å². The third-order valence-corrected chi connectivity index (χ3v) is 8.02. The van der Waals surface area contributed by atoms with Gasteiger partial charge in [0.05, 0.1) is 39.4 Å². The van der Waals surface area contributed by atoms with E-state index >= 15 is 0 Å². The predicted molar refractivity (Wildman–Crippen MR) is 148 cm³/mol. The first kappa shape index (κ1) is 25.1. The summed E-state index contributed by atoms with van der Waals surface area (Å²) in [6.07, 6.45) is 3.22. The van der Waals surface area contributed by atoms with Gasteiger partial charge in [-0.3, -0.25) is 19.5 Å². The number of anilines is 1. The van der Waals surface area contributed by atoms with Crippen molar-refractivity contribution in [3.05, 3.63) is 89.1 Å². The van der Waals surface area contributed by atoms with E-state index < -0.39 is 0 Å². The first-order valence-electron chi connectivity index (χ1n) is 12.1. The van der Waals surface area contributed by atoms with Crippen LogP contribution in [-0.4, -0.2) is 41.4 Å². The Kier molecular flexibility index (Phi) is 7.35. The normalized spacial score (nSPS) is 13.6. The number of benzene rings is 3. The number of methoxy groups -OCH3 is 1. The summed E-state index contributed by atoms with van der Waals surface area (Å²) in [6.45, 7) is 2.46. The summed E-state index contributed by atoms with van der Waals surface area (Å²) >= 11 is 7.98. The molecule has 0 saturated heterocycles. The van der Waals surface area contributed by atoms with E-state index in [1.807, 2.05) is 42.5 Å². The van der Waals surface area contributed by atoms with Crippen LogP contribution >= 0.6 is 23.4 Å². The fourth-order valence-corrected chi connectivity index (χ4v) is 5.84. The molecule has 8 heteroatoms. The van der Waals surface area contributed by atoms with Crippen molar-refractivity contribution in [1.82, 2.24) is 9.88 Å². The molecule has 1 atom stereocenters. The molecule has 2 heterocycles. The quantitative estimate of drug-likeness (QED) is 0.236. The van der Waals surface area contributed by atoms with Gasteiger partial charge in [-0.15, -0.1) is 0 Å².